The van der Waals surface area contributed by atoms with Gasteiger partial charge in [-0.2, -0.15) is 13.2 Å². The van der Waals surface area contributed by atoms with E-state index in [2.05, 4.69) is 0 Å². The van der Waals surface area contributed by atoms with Crippen molar-refractivity contribution < 1.29 is 18.0 Å². The van der Waals surface area contributed by atoms with Gasteiger partial charge in [0.2, 0.25) is 0 Å². The van der Waals surface area contributed by atoms with Crippen molar-refractivity contribution in [2.75, 3.05) is 5.73 Å². The fourth-order valence-electron chi connectivity index (χ4n) is 2.05. The molecule has 0 aliphatic heterocycles. The van der Waals surface area contributed by atoms with Crippen LogP contribution >= 0.6 is 0 Å². The molecule has 2 aromatic carbocycles. The molecule has 0 aliphatic rings. The Labute approximate surface area is 120 Å². The van der Waals surface area contributed by atoms with Gasteiger partial charge in [0.15, 0.2) is 5.78 Å². The maximum atomic E-state index is 12.8. The largest absolute Gasteiger partial charge is 0.416 e. The number of ketones is 1. The molecule has 0 unspecified atom stereocenters. The first-order valence-electron chi connectivity index (χ1n) is 6.29. The van der Waals surface area contributed by atoms with Crippen molar-refractivity contribution in [2.45, 2.75) is 20.0 Å². The van der Waals surface area contributed by atoms with Gasteiger partial charge in [0, 0.05) is 16.8 Å². The van der Waals surface area contributed by atoms with Crippen LogP contribution in [-0.4, -0.2) is 5.78 Å². The Morgan fingerprint density at radius 1 is 1.00 bits per heavy atom. The van der Waals surface area contributed by atoms with Crippen LogP contribution in [0.2, 0.25) is 0 Å². The zero-order valence-electron chi connectivity index (χ0n) is 11.6. The van der Waals surface area contributed by atoms with Gasteiger partial charge in [0.05, 0.1) is 5.56 Å². The molecule has 0 saturated carbocycles. The molecule has 0 bridgehead atoms. The van der Waals surface area contributed by atoms with Gasteiger partial charge in [-0.15, -0.1) is 0 Å². The van der Waals surface area contributed by atoms with E-state index < -0.39 is 17.5 Å². The molecule has 2 aromatic rings. The molecule has 0 amide bonds. The predicted octanol–water partition coefficient (Wildman–Crippen LogP) is 4.14. The quantitative estimate of drug-likeness (QED) is 0.668. The summed E-state index contributed by atoms with van der Waals surface area (Å²) >= 11 is 0. The van der Waals surface area contributed by atoms with Gasteiger partial charge in [-0.25, -0.2) is 0 Å². The molecule has 0 aliphatic carbocycles. The van der Waals surface area contributed by atoms with Crippen LogP contribution in [0.1, 0.15) is 32.6 Å². The normalized spacial score (nSPS) is 11.5. The molecule has 0 spiro atoms. The van der Waals surface area contributed by atoms with Crippen LogP contribution in [0.3, 0.4) is 0 Å². The lowest BCUT2D eigenvalue weighted by atomic mass is 9.95. The maximum absolute atomic E-state index is 12.8. The number of benzene rings is 2. The second-order valence-corrected chi connectivity index (χ2v) is 4.95. The summed E-state index contributed by atoms with van der Waals surface area (Å²) in [6.07, 6.45) is -4.51. The molecule has 0 heterocycles. The van der Waals surface area contributed by atoms with Gasteiger partial charge in [0.25, 0.3) is 0 Å². The molecular formula is C16H14F3NO. The molecule has 0 fully saturated rings. The number of carbonyl (C=O) groups is 1. The molecule has 2 rings (SSSR count). The van der Waals surface area contributed by atoms with E-state index in [-0.39, 0.29) is 11.3 Å². The number of carbonyl (C=O) groups excluding carboxylic acids is 1. The predicted molar refractivity (Wildman–Crippen MR) is 75.2 cm³/mol. The third-order valence-corrected chi connectivity index (χ3v) is 3.26. The smallest absolute Gasteiger partial charge is 0.398 e. The van der Waals surface area contributed by atoms with Crippen LogP contribution in [0.4, 0.5) is 18.9 Å². The molecule has 21 heavy (non-hydrogen) atoms. The van der Waals surface area contributed by atoms with Crippen LogP contribution in [0, 0.1) is 13.8 Å². The number of nitrogen functional groups attached to an aromatic ring is 1. The second kappa shape index (κ2) is 5.24. The average Bonchev–Trinajstić information content (AvgIpc) is 2.40. The Morgan fingerprint density at radius 2 is 1.67 bits per heavy atom. The van der Waals surface area contributed by atoms with E-state index in [9.17, 15) is 18.0 Å². The molecule has 110 valence electrons. The fourth-order valence-corrected chi connectivity index (χ4v) is 2.05. The molecule has 0 atom stereocenters. The van der Waals surface area contributed by atoms with Crippen molar-refractivity contribution in [3.8, 4) is 0 Å². The van der Waals surface area contributed by atoms with Crippen LogP contribution in [0.25, 0.3) is 0 Å². The van der Waals surface area contributed by atoms with Crippen LogP contribution in [-0.2, 0) is 6.18 Å². The number of halogens is 3. The summed E-state index contributed by atoms with van der Waals surface area (Å²) in [5.74, 6) is -0.500. The maximum Gasteiger partial charge on any atom is 0.416 e. The zero-order valence-corrected chi connectivity index (χ0v) is 11.6. The zero-order chi connectivity index (χ0) is 15.8. The summed E-state index contributed by atoms with van der Waals surface area (Å²) in [5, 5.41) is 0. The van der Waals surface area contributed by atoms with Gasteiger partial charge >= 0.3 is 6.18 Å². The third kappa shape index (κ3) is 3.07. The monoisotopic (exact) mass is 293 g/mol. The second-order valence-electron chi connectivity index (χ2n) is 4.95. The topological polar surface area (TPSA) is 43.1 Å². The van der Waals surface area contributed by atoms with E-state index in [0.29, 0.717) is 11.1 Å². The summed E-state index contributed by atoms with van der Waals surface area (Å²) in [7, 11) is 0. The fraction of sp³-hybridized carbons (Fsp3) is 0.188. The summed E-state index contributed by atoms with van der Waals surface area (Å²) < 4.78 is 38.3. The molecule has 0 aromatic heterocycles. The van der Waals surface area contributed by atoms with Gasteiger partial charge in [0.1, 0.15) is 0 Å². The molecule has 2 N–H and O–H groups in total. The van der Waals surface area contributed by atoms with E-state index in [1.165, 1.54) is 0 Å². The molecule has 5 heteroatoms. The SMILES string of the molecule is Cc1ccc(C)c(C(=O)c2cc(C(F)(F)F)ccc2N)c1. The number of hydrogen-bond donors (Lipinski definition) is 1. The summed E-state index contributed by atoms with van der Waals surface area (Å²) in [6.45, 7) is 3.54. The van der Waals surface area contributed by atoms with E-state index in [4.69, 9.17) is 5.73 Å². The first-order valence-corrected chi connectivity index (χ1v) is 6.29. The molecule has 0 radical (unpaired) electrons. The van der Waals surface area contributed by atoms with Gasteiger partial charge in [-0.05, 0) is 43.7 Å². The number of aryl methyl sites for hydroxylation is 2. The molecule has 0 saturated heterocycles. The van der Waals surface area contributed by atoms with Crippen LogP contribution < -0.4 is 5.73 Å². The highest BCUT2D eigenvalue weighted by Gasteiger charge is 2.31. The number of alkyl halides is 3. The number of hydrogen-bond acceptors (Lipinski definition) is 2. The van der Waals surface area contributed by atoms with Crippen molar-refractivity contribution in [1.82, 2.24) is 0 Å². The summed E-state index contributed by atoms with van der Waals surface area (Å²) in [6, 6.07) is 8.03. The number of anilines is 1. The lowest BCUT2D eigenvalue weighted by Gasteiger charge is -2.12. The first-order chi connectivity index (χ1) is 9.70. The minimum absolute atomic E-state index is 0.0360. The summed E-state index contributed by atoms with van der Waals surface area (Å²) in [5.41, 5.74) is 6.61. The average molecular weight is 293 g/mol. The highest BCUT2D eigenvalue weighted by molar-refractivity contribution is 6.13. The summed E-state index contributed by atoms with van der Waals surface area (Å²) in [4.78, 5) is 12.5. The van der Waals surface area contributed by atoms with Crippen molar-refractivity contribution in [1.29, 1.82) is 0 Å². The van der Waals surface area contributed by atoms with Crippen molar-refractivity contribution >= 4 is 11.5 Å². The Morgan fingerprint density at radius 3 is 2.29 bits per heavy atom. The van der Waals surface area contributed by atoms with Gasteiger partial charge < -0.3 is 5.73 Å². The highest BCUT2D eigenvalue weighted by Crippen LogP contribution is 2.32. The van der Waals surface area contributed by atoms with Crippen molar-refractivity contribution in [2.24, 2.45) is 0 Å². The van der Waals surface area contributed by atoms with Gasteiger partial charge in [-0.3, -0.25) is 4.79 Å². The standard InChI is InChI=1S/C16H14F3NO/c1-9-3-4-10(2)12(7-9)15(21)13-8-11(16(17,18)19)5-6-14(13)20/h3-8H,20H2,1-2H3. The Bertz CT molecular complexity index is 705. The first kappa shape index (κ1) is 15.1. The lowest BCUT2D eigenvalue weighted by Crippen LogP contribution is -2.11. The van der Waals surface area contributed by atoms with E-state index in [1.54, 1.807) is 19.1 Å². The lowest BCUT2D eigenvalue weighted by molar-refractivity contribution is -0.137. The van der Waals surface area contributed by atoms with Crippen LogP contribution in [0.5, 0.6) is 0 Å². The van der Waals surface area contributed by atoms with Gasteiger partial charge in [-0.1, -0.05) is 17.7 Å². The van der Waals surface area contributed by atoms with E-state index >= 15 is 0 Å². The minimum atomic E-state index is -4.51. The Hall–Kier alpha value is -2.30. The third-order valence-electron chi connectivity index (χ3n) is 3.26. The van der Waals surface area contributed by atoms with E-state index in [1.807, 2.05) is 13.0 Å². The molecular weight excluding hydrogens is 279 g/mol. The number of nitrogens with two attached hydrogens (primary N) is 1. The highest BCUT2D eigenvalue weighted by atomic mass is 19.4. The molecule has 2 nitrogen and oxygen atoms in total. The van der Waals surface area contributed by atoms with Crippen molar-refractivity contribution in [3.05, 3.63) is 64.2 Å². The Kier molecular flexibility index (Phi) is 3.77. The van der Waals surface area contributed by atoms with Crippen molar-refractivity contribution in [3.63, 3.8) is 0 Å². The van der Waals surface area contributed by atoms with Crippen LogP contribution in [0.15, 0.2) is 36.4 Å². The minimum Gasteiger partial charge on any atom is -0.398 e. The van der Waals surface area contributed by atoms with E-state index in [0.717, 1.165) is 23.8 Å². The number of rotatable bonds is 2. The Balaban J connectivity index is 2.55.